The molecule has 0 aliphatic heterocycles. The maximum absolute atomic E-state index is 3.00. The SMILES string of the molecule is C1=CC2=C3C(=C4[CH-]CCCC4C2CC1)Cc1ccccc13.C=C.[Cl-].[Cl-].[Zr+4].c1cc[cH-]c1. The molecule has 2 aromatic rings. The Morgan fingerprint density at radius 3 is 2.35 bits per heavy atom. The third-order valence-electron chi connectivity index (χ3n) is 6.46. The molecule has 0 amide bonds. The van der Waals surface area contributed by atoms with E-state index in [4.69, 9.17) is 0 Å². The van der Waals surface area contributed by atoms with Gasteiger partial charge < -0.3 is 24.8 Å². The fourth-order valence-electron chi connectivity index (χ4n) is 5.38. The zero-order valence-corrected chi connectivity index (χ0v) is 22.0. The van der Waals surface area contributed by atoms with Crippen LogP contribution in [0.1, 0.15) is 43.2 Å². The molecule has 3 heteroatoms. The van der Waals surface area contributed by atoms with Crippen molar-refractivity contribution in [1.82, 2.24) is 0 Å². The number of fused-ring (bicyclic) bond motifs is 6. The van der Waals surface area contributed by atoms with E-state index in [0.717, 1.165) is 18.3 Å². The van der Waals surface area contributed by atoms with Gasteiger partial charge in [0.1, 0.15) is 0 Å². The van der Waals surface area contributed by atoms with Gasteiger partial charge >= 0.3 is 26.2 Å². The van der Waals surface area contributed by atoms with Crippen LogP contribution in [0.4, 0.5) is 0 Å². The molecule has 2 unspecified atom stereocenters. The molecule has 0 spiro atoms. The summed E-state index contributed by atoms with van der Waals surface area (Å²) in [7, 11) is 0. The molecule has 1 fully saturated rings. The summed E-state index contributed by atoms with van der Waals surface area (Å²) < 4.78 is 0. The van der Waals surface area contributed by atoms with Crippen molar-refractivity contribution >= 4 is 5.57 Å². The summed E-state index contributed by atoms with van der Waals surface area (Å²) in [6.45, 7) is 6.00. The van der Waals surface area contributed by atoms with E-state index in [9.17, 15) is 0 Å². The van der Waals surface area contributed by atoms with E-state index in [1.165, 1.54) is 37.7 Å². The Kier molecular flexibility index (Phi) is 12.1. The van der Waals surface area contributed by atoms with Crippen molar-refractivity contribution in [3.8, 4) is 0 Å². The summed E-state index contributed by atoms with van der Waals surface area (Å²) in [6, 6.07) is 19.1. The Morgan fingerprint density at radius 1 is 0.903 bits per heavy atom. The molecule has 2 aromatic carbocycles. The molecule has 0 heterocycles. The van der Waals surface area contributed by atoms with Crippen LogP contribution in [-0.4, -0.2) is 0 Å². The minimum atomic E-state index is 0. The van der Waals surface area contributed by atoms with Crippen LogP contribution in [0, 0.1) is 18.3 Å². The predicted molar refractivity (Wildman–Crippen MR) is 121 cm³/mol. The van der Waals surface area contributed by atoms with Gasteiger partial charge in [0.25, 0.3) is 0 Å². The van der Waals surface area contributed by atoms with Crippen molar-refractivity contribution < 1.29 is 51.0 Å². The molecule has 160 valence electrons. The van der Waals surface area contributed by atoms with Crippen LogP contribution in [0.25, 0.3) is 5.57 Å². The van der Waals surface area contributed by atoms with Crippen molar-refractivity contribution in [2.24, 2.45) is 11.8 Å². The van der Waals surface area contributed by atoms with Crippen molar-refractivity contribution in [3.05, 3.63) is 114 Å². The zero-order chi connectivity index (χ0) is 19.3. The van der Waals surface area contributed by atoms with E-state index < -0.39 is 0 Å². The number of halogens is 2. The standard InChI is InChI=1S/C21H21.C5H5.C2H4.2ClH.Zr/c1-2-8-15-14(7-1)13-20-18-11-4-3-9-16(18)17-10-5-6-12-19(17)21(15)20;1-2-4-5-3-1;1-2;;;/h1-2,6-8,11-12,16-17H,3-5,9-10,13H2;1-5H;1-2H2;2*1H;/q2*-1;;;;+4/p-2. The van der Waals surface area contributed by atoms with Gasteiger partial charge in [-0.05, 0) is 36.7 Å². The first kappa shape index (κ1) is 27.9. The summed E-state index contributed by atoms with van der Waals surface area (Å²) >= 11 is 0. The summed E-state index contributed by atoms with van der Waals surface area (Å²) in [4.78, 5) is 0. The second-order valence-corrected chi connectivity index (χ2v) is 7.89. The van der Waals surface area contributed by atoms with Gasteiger partial charge in [0, 0.05) is 0 Å². The molecular formula is C28H30Cl2Zr. The third-order valence-corrected chi connectivity index (χ3v) is 6.46. The van der Waals surface area contributed by atoms with Gasteiger partial charge in [0.2, 0.25) is 0 Å². The van der Waals surface area contributed by atoms with Gasteiger partial charge in [-0.1, -0.05) is 66.0 Å². The molecule has 0 saturated heterocycles. The summed E-state index contributed by atoms with van der Waals surface area (Å²) in [6.07, 6.45) is 15.3. The van der Waals surface area contributed by atoms with Gasteiger partial charge in [0.15, 0.2) is 0 Å². The summed E-state index contributed by atoms with van der Waals surface area (Å²) in [5.74, 6) is 1.60. The quantitative estimate of drug-likeness (QED) is 0.359. The largest absolute Gasteiger partial charge is 4.00 e. The predicted octanol–water partition coefficient (Wildman–Crippen LogP) is 1.49. The Hall–Kier alpha value is -1.14. The molecule has 0 radical (unpaired) electrons. The number of hydrogen-bond acceptors (Lipinski definition) is 0. The van der Waals surface area contributed by atoms with Crippen molar-refractivity contribution in [1.29, 1.82) is 0 Å². The topological polar surface area (TPSA) is 0 Å². The molecule has 4 aliphatic carbocycles. The Bertz CT molecular complexity index is 888. The van der Waals surface area contributed by atoms with E-state index in [2.05, 4.69) is 56.0 Å². The third kappa shape index (κ3) is 5.62. The second-order valence-electron chi connectivity index (χ2n) is 7.89. The maximum atomic E-state index is 3.00. The van der Waals surface area contributed by atoms with E-state index in [1.54, 1.807) is 27.9 Å². The van der Waals surface area contributed by atoms with Gasteiger partial charge in [-0.15, -0.1) is 19.6 Å². The number of benzene rings is 1. The first-order valence-electron chi connectivity index (χ1n) is 10.7. The molecule has 0 bridgehead atoms. The molecule has 6 rings (SSSR count). The Labute approximate surface area is 219 Å². The first-order chi connectivity index (χ1) is 13.9. The van der Waals surface area contributed by atoms with Crippen LogP contribution in [0.5, 0.6) is 0 Å². The van der Waals surface area contributed by atoms with E-state index in [-0.39, 0.29) is 51.0 Å². The van der Waals surface area contributed by atoms with Gasteiger partial charge in [-0.2, -0.15) is 23.8 Å². The van der Waals surface area contributed by atoms with Crippen molar-refractivity contribution in [2.75, 3.05) is 0 Å². The van der Waals surface area contributed by atoms with Crippen LogP contribution in [-0.2, 0) is 32.6 Å². The summed E-state index contributed by atoms with van der Waals surface area (Å²) in [5, 5.41) is 0. The van der Waals surface area contributed by atoms with Crippen molar-refractivity contribution in [2.45, 2.75) is 38.5 Å². The van der Waals surface area contributed by atoms with Crippen LogP contribution in [0.3, 0.4) is 0 Å². The number of hydrogen-bond donors (Lipinski definition) is 0. The average molecular weight is 529 g/mol. The Morgan fingerprint density at radius 2 is 1.65 bits per heavy atom. The smallest absolute Gasteiger partial charge is 1.00 e. The van der Waals surface area contributed by atoms with Gasteiger partial charge in [-0.3, -0.25) is 0 Å². The summed E-state index contributed by atoms with van der Waals surface area (Å²) in [5.41, 5.74) is 9.71. The molecule has 1 saturated carbocycles. The van der Waals surface area contributed by atoms with Crippen molar-refractivity contribution in [3.63, 3.8) is 0 Å². The number of allylic oxidation sites excluding steroid dienone is 6. The monoisotopic (exact) mass is 526 g/mol. The van der Waals surface area contributed by atoms with Crippen LogP contribution in [0.15, 0.2) is 96.6 Å². The molecular weight excluding hydrogens is 498 g/mol. The molecule has 0 aromatic heterocycles. The van der Waals surface area contributed by atoms with Gasteiger partial charge in [-0.25, -0.2) is 24.1 Å². The maximum Gasteiger partial charge on any atom is 4.00 e. The minimum Gasteiger partial charge on any atom is -1.00 e. The normalized spacial score (nSPS) is 21.4. The molecule has 2 atom stereocenters. The second kappa shape index (κ2) is 13.4. The fraction of sp³-hybridized carbons (Fsp3) is 0.286. The van der Waals surface area contributed by atoms with Crippen LogP contribution < -0.4 is 24.8 Å². The fourth-order valence-corrected chi connectivity index (χ4v) is 5.38. The van der Waals surface area contributed by atoms with Crippen LogP contribution >= 0.6 is 0 Å². The van der Waals surface area contributed by atoms with Crippen LogP contribution in [0.2, 0.25) is 0 Å². The zero-order valence-electron chi connectivity index (χ0n) is 18.0. The molecule has 0 nitrogen and oxygen atoms in total. The first-order valence-corrected chi connectivity index (χ1v) is 10.7. The van der Waals surface area contributed by atoms with E-state index in [1.807, 2.05) is 30.3 Å². The number of rotatable bonds is 0. The molecule has 31 heavy (non-hydrogen) atoms. The Balaban J connectivity index is 0.000000423. The minimum absolute atomic E-state index is 0. The average Bonchev–Trinajstić information content (AvgIpc) is 3.47. The van der Waals surface area contributed by atoms with E-state index in [0.29, 0.717) is 0 Å². The van der Waals surface area contributed by atoms with Gasteiger partial charge in [0.05, 0.1) is 0 Å². The van der Waals surface area contributed by atoms with E-state index >= 15 is 0 Å². The molecule has 4 aliphatic rings. The molecule has 0 N–H and O–H groups in total.